The maximum absolute atomic E-state index is 12.2. The van der Waals surface area contributed by atoms with Crippen molar-refractivity contribution in [2.45, 2.75) is 28.9 Å². The number of nitrogens with zero attached hydrogens (tertiary/aromatic N) is 1. The summed E-state index contributed by atoms with van der Waals surface area (Å²) in [6.45, 7) is 3.81. The molecule has 0 saturated carbocycles. The number of nitrogens with one attached hydrogen (secondary N) is 1. The molecule has 0 aliphatic carbocycles. The molecule has 0 aliphatic heterocycles. The quantitative estimate of drug-likeness (QED) is 0.849. The van der Waals surface area contributed by atoms with Crippen LogP contribution in [-0.2, 0) is 10.8 Å². The third-order valence-corrected chi connectivity index (χ3v) is 5.30. The van der Waals surface area contributed by atoms with Crippen LogP contribution in [0.2, 0.25) is 0 Å². The Bertz CT molecular complexity index is 668. The molecule has 0 unspecified atom stereocenters. The lowest BCUT2D eigenvalue weighted by Gasteiger charge is -2.07. The van der Waals surface area contributed by atoms with Crippen LogP contribution in [0.3, 0.4) is 0 Å². The van der Waals surface area contributed by atoms with Gasteiger partial charge in [-0.3, -0.25) is 9.00 Å². The number of carbonyl (C=O) groups is 1. The fraction of sp³-hybridized carbons (Fsp3) is 0.250. The zero-order valence-corrected chi connectivity index (χ0v) is 14.3. The van der Waals surface area contributed by atoms with E-state index in [1.54, 1.807) is 48.3 Å². The monoisotopic (exact) mass is 334 g/mol. The third kappa shape index (κ3) is 4.18. The number of pyridine rings is 1. The van der Waals surface area contributed by atoms with Crippen molar-refractivity contribution in [3.8, 4) is 0 Å². The van der Waals surface area contributed by atoms with E-state index in [1.165, 1.54) is 0 Å². The number of hydrogen-bond acceptors (Lipinski definition) is 4. The minimum absolute atomic E-state index is 0.0545. The zero-order chi connectivity index (χ0) is 16.1. The number of rotatable bonds is 5. The molecular weight excluding hydrogens is 316 g/mol. The van der Waals surface area contributed by atoms with Gasteiger partial charge in [-0.15, -0.1) is 11.8 Å². The number of aromatic nitrogens is 1. The van der Waals surface area contributed by atoms with Crippen LogP contribution in [0.4, 0.5) is 5.82 Å². The maximum atomic E-state index is 12.2. The number of carbonyl (C=O) groups excluding carboxylic acids is 1. The molecule has 0 spiro atoms. The van der Waals surface area contributed by atoms with Gasteiger partial charge in [-0.1, -0.05) is 13.8 Å². The Morgan fingerprint density at radius 3 is 2.36 bits per heavy atom. The third-order valence-electron chi connectivity index (χ3n) is 2.99. The summed E-state index contributed by atoms with van der Waals surface area (Å²) in [6.07, 6.45) is 3.69. The lowest BCUT2D eigenvalue weighted by Crippen LogP contribution is -2.13. The second-order valence-electron chi connectivity index (χ2n) is 4.91. The number of amides is 1. The molecule has 2 rings (SSSR count). The summed E-state index contributed by atoms with van der Waals surface area (Å²) in [5, 5.41) is 2.80. The maximum Gasteiger partial charge on any atom is 0.256 e. The van der Waals surface area contributed by atoms with E-state index >= 15 is 0 Å². The highest BCUT2D eigenvalue weighted by molar-refractivity contribution is 7.98. The Kier molecular flexibility index (Phi) is 5.74. The highest BCUT2D eigenvalue weighted by Crippen LogP contribution is 2.16. The Labute approximate surface area is 137 Å². The fourth-order valence-corrected chi connectivity index (χ4v) is 3.09. The van der Waals surface area contributed by atoms with Gasteiger partial charge in [0.05, 0.1) is 10.8 Å². The normalized spacial score (nSPS) is 12.2. The smallest absolute Gasteiger partial charge is 0.256 e. The van der Waals surface area contributed by atoms with Crippen molar-refractivity contribution in [2.75, 3.05) is 11.6 Å². The van der Waals surface area contributed by atoms with Gasteiger partial charge in [-0.05, 0) is 42.7 Å². The average molecular weight is 334 g/mol. The number of thioether (sulfide) groups is 1. The number of benzene rings is 1. The van der Waals surface area contributed by atoms with E-state index in [-0.39, 0.29) is 11.2 Å². The van der Waals surface area contributed by atoms with Crippen LogP contribution in [0.15, 0.2) is 52.4 Å². The zero-order valence-electron chi connectivity index (χ0n) is 12.7. The van der Waals surface area contributed by atoms with E-state index in [9.17, 15) is 9.00 Å². The molecule has 0 saturated heterocycles. The van der Waals surface area contributed by atoms with Crippen molar-refractivity contribution in [3.05, 3.63) is 48.2 Å². The molecule has 0 bridgehead atoms. The van der Waals surface area contributed by atoms with Gasteiger partial charge in [0.1, 0.15) is 5.82 Å². The Morgan fingerprint density at radius 1 is 1.18 bits per heavy atom. The SMILES string of the molecule is CSc1ccc(NC(=O)c2ccc([S@@](=O)C(C)C)cc2)nc1. The highest BCUT2D eigenvalue weighted by atomic mass is 32.2. The standard InChI is InChI=1S/C16H18N2O2S2/c1-11(2)22(20)14-7-4-12(5-8-14)16(19)18-15-9-6-13(21-3)10-17-15/h4-11H,1-3H3,(H,17,18,19)/t22-/m0/s1. The van der Waals surface area contributed by atoms with Gasteiger partial charge in [0.15, 0.2) is 0 Å². The lowest BCUT2D eigenvalue weighted by atomic mass is 10.2. The van der Waals surface area contributed by atoms with E-state index in [0.29, 0.717) is 11.4 Å². The fourth-order valence-electron chi connectivity index (χ4n) is 1.78. The van der Waals surface area contributed by atoms with Crippen LogP contribution < -0.4 is 5.32 Å². The summed E-state index contributed by atoms with van der Waals surface area (Å²) >= 11 is 1.60. The second kappa shape index (κ2) is 7.56. The predicted octanol–water partition coefficient (Wildman–Crippen LogP) is 3.57. The molecule has 4 nitrogen and oxygen atoms in total. The Balaban J connectivity index is 2.07. The van der Waals surface area contributed by atoms with Gasteiger partial charge in [-0.2, -0.15) is 0 Å². The first-order valence-corrected chi connectivity index (χ1v) is 9.27. The molecule has 1 N–H and O–H groups in total. The Hall–Kier alpha value is -1.66. The summed E-state index contributed by atoms with van der Waals surface area (Å²) in [4.78, 5) is 18.1. The van der Waals surface area contributed by atoms with Gasteiger partial charge in [0.25, 0.3) is 5.91 Å². The molecule has 1 aromatic heterocycles. The van der Waals surface area contributed by atoms with Crippen LogP contribution in [0.5, 0.6) is 0 Å². The summed E-state index contributed by atoms with van der Waals surface area (Å²) in [7, 11) is -1.04. The molecular formula is C16H18N2O2S2. The van der Waals surface area contributed by atoms with Crippen molar-refractivity contribution < 1.29 is 9.00 Å². The molecule has 0 fully saturated rings. The summed E-state index contributed by atoms with van der Waals surface area (Å²) in [5.74, 6) is 0.281. The molecule has 0 aliphatic rings. The molecule has 2 aromatic rings. The average Bonchev–Trinajstić information content (AvgIpc) is 2.55. The van der Waals surface area contributed by atoms with Gasteiger partial charge >= 0.3 is 0 Å². The van der Waals surface area contributed by atoms with Gasteiger partial charge in [0.2, 0.25) is 0 Å². The minimum Gasteiger partial charge on any atom is -0.307 e. The predicted molar refractivity (Wildman–Crippen MR) is 92.0 cm³/mol. The van der Waals surface area contributed by atoms with E-state index in [1.807, 2.05) is 26.2 Å². The molecule has 1 amide bonds. The molecule has 1 heterocycles. The van der Waals surface area contributed by atoms with Crippen molar-refractivity contribution >= 4 is 34.3 Å². The molecule has 22 heavy (non-hydrogen) atoms. The molecule has 1 atom stereocenters. The van der Waals surface area contributed by atoms with Crippen molar-refractivity contribution in [1.29, 1.82) is 0 Å². The van der Waals surface area contributed by atoms with Crippen molar-refractivity contribution in [2.24, 2.45) is 0 Å². The van der Waals surface area contributed by atoms with Gasteiger partial charge in [-0.25, -0.2) is 4.98 Å². The Morgan fingerprint density at radius 2 is 1.86 bits per heavy atom. The second-order valence-corrected chi connectivity index (χ2v) is 7.80. The largest absolute Gasteiger partial charge is 0.307 e. The molecule has 1 aromatic carbocycles. The van der Waals surface area contributed by atoms with E-state index in [0.717, 1.165) is 9.79 Å². The topological polar surface area (TPSA) is 59.1 Å². The first kappa shape index (κ1) is 16.7. The van der Waals surface area contributed by atoms with Crippen LogP contribution in [0.1, 0.15) is 24.2 Å². The van der Waals surface area contributed by atoms with Crippen LogP contribution >= 0.6 is 11.8 Å². The first-order valence-electron chi connectivity index (χ1n) is 6.83. The van der Waals surface area contributed by atoms with Gasteiger partial charge < -0.3 is 5.32 Å². The molecule has 0 radical (unpaired) electrons. The number of anilines is 1. The highest BCUT2D eigenvalue weighted by Gasteiger charge is 2.11. The van der Waals surface area contributed by atoms with Gasteiger partial charge in [0, 0.05) is 26.8 Å². The summed E-state index contributed by atoms with van der Waals surface area (Å²) < 4.78 is 12.0. The van der Waals surface area contributed by atoms with Crippen molar-refractivity contribution in [1.82, 2.24) is 4.98 Å². The molecule has 116 valence electrons. The minimum atomic E-state index is -1.04. The summed E-state index contributed by atoms with van der Waals surface area (Å²) in [6, 6.07) is 10.5. The van der Waals surface area contributed by atoms with E-state index in [2.05, 4.69) is 10.3 Å². The van der Waals surface area contributed by atoms with Crippen LogP contribution in [0.25, 0.3) is 0 Å². The van der Waals surface area contributed by atoms with Crippen LogP contribution in [-0.4, -0.2) is 26.6 Å². The molecule has 6 heteroatoms. The lowest BCUT2D eigenvalue weighted by molar-refractivity contribution is 0.102. The summed E-state index contributed by atoms with van der Waals surface area (Å²) in [5.41, 5.74) is 0.514. The first-order chi connectivity index (χ1) is 10.5. The van der Waals surface area contributed by atoms with Crippen molar-refractivity contribution in [3.63, 3.8) is 0 Å². The van der Waals surface area contributed by atoms with Crippen LogP contribution in [0, 0.1) is 0 Å². The number of hydrogen-bond donors (Lipinski definition) is 1. The van der Waals surface area contributed by atoms with E-state index in [4.69, 9.17) is 0 Å². The van der Waals surface area contributed by atoms with E-state index < -0.39 is 10.8 Å².